The quantitative estimate of drug-likeness (QED) is 0.833. The van der Waals surface area contributed by atoms with Gasteiger partial charge >= 0.3 is 0 Å². The first-order valence-electron chi connectivity index (χ1n) is 6.32. The van der Waals surface area contributed by atoms with Gasteiger partial charge in [0.05, 0.1) is 24.2 Å². The minimum absolute atomic E-state index is 0.217. The molecular formula is C14H18N4O2. The van der Waals surface area contributed by atoms with Gasteiger partial charge in [0.1, 0.15) is 5.75 Å². The van der Waals surface area contributed by atoms with Crippen LogP contribution in [0.2, 0.25) is 0 Å². The maximum absolute atomic E-state index is 12.2. The third-order valence-corrected chi connectivity index (χ3v) is 2.98. The van der Waals surface area contributed by atoms with Gasteiger partial charge in [0.2, 0.25) is 0 Å². The van der Waals surface area contributed by atoms with Crippen LogP contribution in [0.25, 0.3) is 0 Å². The SMILES string of the molecule is CCc1nn(C)cc1NC(=O)c1ccc(N)c(OC)c1. The number of aromatic nitrogens is 2. The van der Waals surface area contributed by atoms with Gasteiger partial charge < -0.3 is 15.8 Å². The van der Waals surface area contributed by atoms with Crippen LogP contribution in [0.4, 0.5) is 11.4 Å². The van der Waals surface area contributed by atoms with Gasteiger partial charge in [-0.1, -0.05) is 6.92 Å². The molecule has 1 amide bonds. The number of anilines is 2. The molecular weight excluding hydrogens is 256 g/mol. The standard InChI is InChI=1S/C14H18N4O2/c1-4-11-12(8-18(2)17-11)16-14(19)9-5-6-10(15)13(7-9)20-3/h5-8H,4,15H2,1-3H3,(H,16,19). The molecule has 0 spiro atoms. The van der Waals surface area contributed by atoms with E-state index in [2.05, 4.69) is 10.4 Å². The Labute approximate surface area is 117 Å². The largest absolute Gasteiger partial charge is 0.495 e. The predicted molar refractivity (Wildman–Crippen MR) is 77.9 cm³/mol. The van der Waals surface area contributed by atoms with Crippen LogP contribution in [0, 0.1) is 0 Å². The van der Waals surface area contributed by atoms with Crippen LogP contribution < -0.4 is 15.8 Å². The maximum atomic E-state index is 12.2. The van der Waals surface area contributed by atoms with Crippen LogP contribution in [0.5, 0.6) is 5.75 Å². The molecule has 0 saturated carbocycles. The topological polar surface area (TPSA) is 82.2 Å². The van der Waals surface area contributed by atoms with E-state index in [9.17, 15) is 4.79 Å². The summed E-state index contributed by atoms with van der Waals surface area (Å²) in [6, 6.07) is 4.93. The summed E-state index contributed by atoms with van der Waals surface area (Å²) < 4.78 is 6.79. The number of methoxy groups -OCH3 is 1. The number of aryl methyl sites for hydroxylation is 2. The Hall–Kier alpha value is -2.50. The van der Waals surface area contributed by atoms with Gasteiger partial charge in [0.15, 0.2) is 0 Å². The molecule has 1 heterocycles. The summed E-state index contributed by atoms with van der Waals surface area (Å²) in [7, 11) is 3.34. The highest BCUT2D eigenvalue weighted by atomic mass is 16.5. The Balaban J connectivity index is 2.23. The Bertz CT molecular complexity index is 634. The molecule has 0 radical (unpaired) electrons. The number of amides is 1. The van der Waals surface area contributed by atoms with Crippen molar-refractivity contribution in [2.24, 2.45) is 7.05 Å². The molecule has 3 N–H and O–H groups in total. The molecule has 20 heavy (non-hydrogen) atoms. The summed E-state index contributed by atoms with van der Waals surface area (Å²) in [6.45, 7) is 1.99. The van der Waals surface area contributed by atoms with Crippen LogP contribution >= 0.6 is 0 Å². The fraction of sp³-hybridized carbons (Fsp3) is 0.286. The van der Waals surface area contributed by atoms with Crippen molar-refractivity contribution in [2.45, 2.75) is 13.3 Å². The van der Waals surface area contributed by atoms with Gasteiger partial charge in [-0.3, -0.25) is 9.48 Å². The van der Waals surface area contributed by atoms with Gasteiger partial charge in [-0.2, -0.15) is 5.10 Å². The number of nitrogens with one attached hydrogen (secondary N) is 1. The van der Waals surface area contributed by atoms with E-state index >= 15 is 0 Å². The lowest BCUT2D eigenvalue weighted by molar-refractivity contribution is 0.102. The van der Waals surface area contributed by atoms with Crippen molar-refractivity contribution < 1.29 is 9.53 Å². The zero-order valence-electron chi connectivity index (χ0n) is 11.8. The third-order valence-electron chi connectivity index (χ3n) is 2.98. The lowest BCUT2D eigenvalue weighted by atomic mass is 10.1. The molecule has 0 aliphatic rings. The molecule has 0 aliphatic carbocycles. The number of ether oxygens (including phenoxy) is 1. The number of carbonyl (C=O) groups excluding carboxylic acids is 1. The minimum atomic E-state index is -0.217. The fourth-order valence-electron chi connectivity index (χ4n) is 1.95. The van der Waals surface area contributed by atoms with Crippen molar-refractivity contribution in [2.75, 3.05) is 18.2 Å². The molecule has 1 aromatic heterocycles. The lowest BCUT2D eigenvalue weighted by Gasteiger charge is -2.08. The average Bonchev–Trinajstić information content (AvgIpc) is 2.79. The van der Waals surface area contributed by atoms with Gasteiger partial charge in [-0.15, -0.1) is 0 Å². The van der Waals surface area contributed by atoms with Crippen molar-refractivity contribution in [1.29, 1.82) is 0 Å². The van der Waals surface area contributed by atoms with E-state index in [0.29, 0.717) is 17.0 Å². The van der Waals surface area contributed by atoms with Gasteiger partial charge in [-0.05, 0) is 24.6 Å². The summed E-state index contributed by atoms with van der Waals surface area (Å²) in [5.41, 5.74) is 8.29. The molecule has 6 heteroatoms. The molecule has 0 fully saturated rings. The predicted octanol–water partition coefficient (Wildman–Crippen LogP) is 1.83. The zero-order chi connectivity index (χ0) is 14.7. The van der Waals surface area contributed by atoms with E-state index in [1.54, 1.807) is 29.1 Å². The van der Waals surface area contributed by atoms with E-state index in [1.807, 2.05) is 14.0 Å². The second-order valence-corrected chi connectivity index (χ2v) is 4.43. The van der Waals surface area contributed by atoms with Gasteiger partial charge in [0, 0.05) is 18.8 Å². The highest BCUT2D eigenvalue weighted by Crippen LogP contribution is 2.23. The van der Waals surface area contributed by atoms with Crippen molar-refractivity contribution >= 4 is 17.3 Å². The minimum Gasteiger partial charge on any atom is -0.495 e. The van der Waals surface area contributed by atoms with Crippen molar-refractivity contribution in [3.05, 3.63) is 35.7 Å². The summed E-state index contributed by atoms with van der Waals surface area (Å²) >= 11 is 0. The van der Waals surface area contributed by atoms with E-state index in [4.69, 9.17) is 10.5 Å². The molecule has 0 aliphatic heterocycles. The second-order valence-electron chi connectivity index (χ2n) is 4.43. The number of nitrogens with two attached hydrogens (primary N) is 1. The van der Waals surface area contributed by atoms with Crippen molar-refractivity contribution in [3.63, 3.8) is 0 Å². The lowest BCUT2D eigenvalue weighted by Crippen LogP contribution is -2.13. The zero-order valence-corrected chi connectivity index (χ0v) is 11.8. The first kappa shape index (κ1) is 13.9. The number of hydrogen-bond donors (Lipinski definition) is 2. The second kappa shape index (κ2) is 5.64. The fourth-order valence-corrected chi connectivity index (χ4v) is 1.95. The molecule has 1 aromatic carbocycles. The highest BCUT2D eigenvalue weighted by Gasteiger charge is 2.13. The molecule has 2 aromatic rings. The molecule has 2 rings (SSSR count). The summed E-state index contributed by atoms with van der Waals surface area (Å²) in [4.78, 5) is 12.2. The first-order valence-corrected chi connectivity index (χ1v) is 6.32. The van der Waals surface area contributed by atoms with Crippen LogP contribution in [0.3, 0.4) is 0 Å². The monoisotopic (exact) mass is 274 g/mol. The van der Waals surface area contributed by atoms with Crippen molar-refractivity contribution in [1.82, 2.24) is 9.78 Å². The van der Waals surface area contributed by atoms with Crippen LogP contribution in [0.1, 0.15) is 23.0 Å². The first-order chi connectivity index (χ1) is 9.55. The van der Waals surface area contributed by atoms with E-state index in [0.717, 1.165) is 17.8 Å². The molecule has 0 unspecified atom stereocenters. The van der Waals surface area contributed by atoms with Crippen molar-refractivity contribution in [3.8, 4) is 5.75 Å². The van der Waals surface area contributed by atoms with E-state index in [-0.39, 0.29) is 5.91 Å². The van der Waals surface area contributed by atoms with Gasteiger partial charge in [-0.25, -0.2) is 0 Å². The number of nitrogens with zero attached hydrogens (tertiary/aromatic N) is 2. The summed E-state index contributed by atoms with van der Waals surface area (Å²) in [5, 5.41) is 7.13. The highest BCUT2D eigenvalue weighted by molar-refractivity contribution is 6.05. The number of benzene rings is 1. The summed E-state index contributed by atoms with van der Waals surface area (Å²) in [5.74, 6) is 0.269. The molecule has 0 saturated heterocycles. The van der Waals surface area contributed by atoms with E-state index < -0.39 is 0 Å². The number of rotatable bonds is 4. The maximum Gasteiger partial charge on any atom is 0.255 e. The molecule has 106 valence electrons. The Morgan fingerprint density at radius 3 is 2.90 bits per heavy atom. The Kier molecular flexibility index (Phi) is 3.93. The van der Waals surface area contributed by atoms with Crippen LogP contribution in [-0.2, 0) is 13.5 Å². The van der Waals surface area contributed by atoms with Crippen LogP contribution in [-0.4, -0.2) is 22.8 Å². The normalized spacial score (nSPS) is 10.3. The molecule has 0 bridgehead atoms. The number of nitrogen functional groups attached to an aromatic ring is 1. The Morgan fingerprint density at radius 2 is 2.25 bits per heavy atom. The number of hydrogen-bond acceptors (Lipinski definition) is 4. The van der Waals surface area contributed by atoms with E-state index in [1.165, 1.54) is 7.11 Å². The van der Waals surface area contributed by atoms with Gasteiger partial charge in [0.25, 0.3) is 5.91 Å². The number of carbonyl (C=O) groups is 1. The third kappa shape index (κ3) is 2.74. The van der Waals surface area contributed by atoms with Crippen LogP contribution in [0.15, 0.2) is 24.4 Å². The smallest absolute Gasteiger partial charge is 0.255 e. The average molecular weight is 274 g/mol. The summed E-state index contributed by atoms with van der Waals surface area (Å²) in [6.07, 6.45) is 2.53. The molecule has 0 atom stereocenters. The Morgan fingerprint density at radius 1 is 1.50 bits per heavy atom. The molecule has 6 nitrogen and oxygen atoms in total.